The van der Waals surface area contributed by atoms with E-state index in [4.69, 9.17) is 4.74 Å². The number of benzene rings is 1. The predicted molar refractivity (Wildman–Crippen MR) is 73.5 cm³/mol. The van der Waals surface area contributed by atoms with Gasteiger partial charge in [0.2, 0.25) is 10.0 Å². The maximum absolute atomic E-state index is 12.8. The summed E-state index contributed by atoms with van der Waals surface area (Å²) in [6, 6.07) is 3.40. The first-order valence-corrected chi connectivity index (χ1v) is 8.22. The second-order valence-electron chi connectivity index (χ2n) is 4.43. The van der Waals surface area contributed by atoms with E-state index in [2.05, 4.69) is 8.75 Å². The Bertz CT molecular complexity index is 788. The smallest absolute Gasteiger partial charge is 0.324 e. The van der Waals surface area contributed by atoms with Crippen molar-refractivity contribution in [3.8, 4) is 0 Å². The van der Waals surface area contributed by atoms with E-state index in [0.29, 0.717) is 5.52 Å². The first-order valence-electron chi connectivity index (χ1n) is 6.05. The van der Waals surface area contributed by atoms with E-state index in [0.717, 1.165) is 16.0 Å². The number of nitrogens with zero attached hydrogens (tertiary/aromatic N) is 3. The van der Waals surface area contributed by atoms with Crippen LogP contribution in [0.25, 0.3) is 11.0 Å². The topological polar surface area (TPSA) is 110 Å². The number of aromatic nitrogens is 2. The minimum atomic E-state index is -3.98. The summed E-state index contributed by atoms with van der Waals surface area (Å²) in [4.78, 5) is 11.2. The molecule has 1 unspecified atom stereocenters. The predicted octanol–water partition coefficient (Wildman–Crippen LogP) is 0.165. The van der Waals surface area contributed by atoms with Crippen LogP contribution in [-0.4, -0.2) is 58.3 Å². The summed E-state index contributed by atoms with van der Waals surface area (Å²) < 4.78 is 39.5. The summed E-state index contributed by atoms with van der Waals surface area (Å²) >= 11 is 0.913. The number of rotatable bonds is 3. The number of carboxylic acid groups (broad SMARTS) is 1. The fraction of sp³-hybridized carbons (Fsp3) is 0.364. The lowest BCUT2D eigenvalue weighted by molar-refractivity contribution is -0.146. The molecule has 1 aliphatic heterocycles. The van der Waals surface area contributed by atoms with Gasteiger partial charge in [0.05, 0.1) is 24.9 Å². The quantitative estimate of drug-likeness (QED) is 0.854. The summed E-state index contributed by atoms with van der Waals surface area (Å²) in [5.74, 6) is -1.23. The minimum Gasteiger partial charge on any atom is -0.480 e. The molecule has 1 aromatic heterocycles. The van der Waals surface area contributed by atoms with Gasteiger partial charge in [0.25, 0.3) is 0 Å². The van der Waals surface area contributed by atoms with Crippen LogP contribution in [0.5, 0.6) is 0 Å². The van der Waals surface area contributed by atoms with Crippen LogP contribution in [0.2, 0.25) is 0 Å². The van der Waals surface area contributed by atoms with Crippen molar-refractivity contribution >= 4 is 38.8 Å². The fourth-order valence-corrected chi connectivity index (χ4v) is 4.49. The molecule has 0 amide bonds. The summed E-state index contributed by atoms with van der Waals surface area (Å²) in [6.07, 6.45) is 0. The number of sulfonamides is 1. The number of hydrogen-bond donors (Lipinski definition) is 1. The molecule has 112 valence electrons. The lowest BCUT2D eigenvalue weighted by Gasteiger charge is -2.31. The van der Waals surface area contributed by atoms with Gasteiger partial charge in [-0.3, -0.25) is 4.79 Å². The van der Waals surface area contributed by atoms with Crippen molar-refractivity contribution in [2.24, 2.45) is 0 Å². The van der Waals surface area contributed by atoms with Gasteiger partial charge in [-0.2, -0.15) is 13.1 Å². The Balaban J connectivity index is 2.11. The van der Waals surface area contributed by atoms with E-state index >= 15 is 0 Å². The maximum atomic E-state index is 12.8. The van der Waals surface area contributed by atoms with Crippen LogP contribution in [0.1, 0.15) is 0 Å². The molecule has 1 aliphatic rings. The Hall–Kier alpha value is -1.62. The molecule has 1 fully saturated rings. The van der Waals surface area contributed by atoms with E-state index in [1.807, 2.05) is 0 Å². The van der Waals surface area contributed by atoms with Gasteiger partial charge in [-0.05, 0) is 12.1 Å². The second-order valence-corrected chi connectivity index (χ2v) is 6.82. The van der Waals surface area contributed by atoms with Crippen molar-refractivity contribution in [3.63, 3.8) is 0 Å². The fourth-order valence-electron chi connectivity index (χ4n) is 2.19. The highest BCUT2D eigenvalue weighted by Crippen LogP contribution is 2.26. The molecule has 0 aliphatic carbocycles. The zero-order chi connectivity index (χ0) is 15.0. The molecule has 3 rings (SSSR count). The lowest BCUT2D eigenvalue weighted by Crippen LogP contribution is -2.52. The summed E-state index contributed by atoms with van der Waals surface area (Å²) in [7, 11) is -3.98. The van der Waals surface area contributed by atoms with E-state index in [1.54, 1.807) is 12.1 Å². The summed E-state index contributed by atoms with van der Waals surface area (Å²) in [6.45, 7) is -0.0125. The molecule has 0 saturated carbocycles. The Kier molecular flexibility index (Phi) is 3.61. The monoisotopic (exact) mass is 329 g/mol. The van der Waals surface area contributed by atoms with Crippen LogP contribution >= 0.6 is 11.7 Å². The molecule has 2 aromatic rings. The number of ether oxygens (including phenoxy) is 1. The summed E-state index contributed by atoms with van der Waals surface area (Å²) in [5.41, 5.74) is 0.736. The van der Waals surface area contributed by atoms with Gasteiger partial charge in [0.15, 0.2) is 0 Å². The molecular weight excluding hydrogens is 318 g/mol. The Labute approximate surface area is 124 Å². The molecule has 1 aromatic carbocycles. The highest BCUT2D eigenvalue weighted by atomic mass is 32.2. The van der Waals surface area contributed by atoms with Crippen LogP contribution in [0.3, 0.4) is 0 Å². The van der Waals surface area contributed by atoms with Crippen LogP contribution in [-0.2, 0) is 19.6 Å². The molecule has 1 saturated heterocycles. The third-order valence-corrected chi connectivity index (χ3v) is 5.68. The number of hydrogen-bond acceptors (Lipinski definition) is 7. The van der Waals surface area contributed by atoms with Crippen molar-refractivity contribution in [1.82, 2.24) is 13.1 Å². The van der Waals surface area contributed by atoms with Gasteiger partial charge in [-0.25, -0.2) is 8.42 Å². The van der Waals surface area contributed by atoms with Crippen molar-refractivity contribution in [2.45, 2.75) is 10.9 Å². The van der Waals surface area contributed by atoms with Gasteiger partial charge < -0.3 is 9.84 Å². The number of morpholine rings is 1. The van der Waals surface area contributed by atoms with Crippen molar-refractivity contribution in [2.75, 3.05) is 19.8 Å². The Morgan fingerprint density at radius 3 is 3.00 bits per heavy atom. The third kappa shape index (κ3) is 2.39. The number of carboxylic acids is 1. The molecule has 10 heteroatoms. The van der Waals surface area contributed by atoms with Gasteiger partial charge in [0.1, 0.15) is 22.0 Å². The van der Waals surface area contributed by atoms with Crippen LogP contribution in [0, 0.1) is 0 Å². The molecule has 21 heavy (non-hydrogen) atoms. The van der Waals surface area contributed by atoms with E-state index in [-0.39, 0.29) is 30.2 Å². The van der Waals surface area contributed by atoms with Crippen LogP contribution in [0.15, 0.2) is 23.1 Å². The second kappa shape index (κ2) is 5.30. The first-order chi connectivity index (χ1) is 10.0. The molecule has 1 atom stereocenters. The van der Waals surface area contributed by atoms with Gasteiger partial charge in [-0.15, -0.1) is 0 Å². The number of aliphatic carboxylic acids is 1. The highest BCUT2D eigenvalue weighted by Gasteiger charge is 2.39. The van der Waals surface area contributed by atoms with Crippen molar-refractivity contribution in [3.05, 3.63) is 18.2 Å². The van der Waals surface area contributed by atoms with Crippen molar-refractivity contribution in [1.29, 1.82) is 0 Å². The lowest BCUT2D eigenvalue weighted by atomic mass is 10.3. The molecule has 8 nitrogen and oxygen atoms in total. The van der Waals surface area contributed by atoms with Gasteiger partial charge in [0, 0.05) is 6.54 Å². The minimum absolute atomic E-state index is 0.00669. The average molecular weight is 329 g/mol. The van der Waals surface area contributed by atoms with Crippen LogP contribution in [0.4, 0.5) is 0 Å². The number of fused-ring (bicyclic) bond motifs is 1. The largest absolute Gasteiger partial charge is 0.480 e. The third-order valence-electron chi connectivity index (χ3n) is 3.20. The van der Waals surface area contributed by atoms with Crippen molar-refractivity contribution < 1.29 is 23.1 Å². The molecule has 0 radical (unpaired) electrons. The normalized spacial score (nSPS) is 20.7. The standard InChI is InChI=1S/C11H11N3O5S2/c15-11(16)8-6-19-5-4-14(8)21(17,18)9-3-1-2-7-10(9)13-20-12-7/h1-3,8H,4-6H2,(H,15,16). The average Bonchev–Trinajstić information content (AvgIpc) is 2.95. The molecule has 2 heterocycles. The van der Waals surface area contributed by atoms with Crippen LogP contribution < -0.4 is 0 Å². The number of carbonyl (C=O) groups is 1. The van der Waals surface area contributed by atoms with E-state index in [1.165, 1.54) is 6.07 Å². The van der Waals surface area contributed by atoms with E-state index < -0.39 is 22.0 Å². The van der Waals surface area contributed by atoms with E-state index in [9.17, 15) is 18.3 Å². The molecule has 0 spiro atoms. The van der Waals surface area contributed by atoms with Gasteiger partial charge >= 0.3 is 5.97 Å². The first kappa shape index (κ1) is 14.3. The van der Waals surface area contributed by atoms with Gasteiger partial charge in [-0.1, -0.05) is 6.07 Å². The SMILES string of the molecule is O=C(O)C1COCCN1S(=O)(=O)c1cccc2nsnc12. The molecule has 1 N–H and O–H groups in total. The molecular formula is C11H11N3O5S2. The maximum Gasteiger partial charge on any atom is 0.324 e. The highest BCUT2D eigenvalue weighted by molar-refractivity contribution is 7.89. The summed E-state index contributed by atoms with van der Waals surface area (Å²) in [5, 5.41) is 9.18. The molecule has 0 bridgehead atoms. The zero-order valence-electron chi connectivity index (χ0n) is 10.7. The Morgan fingerprint density at radius 1 is 1.43 bits per heavy atom. The zero-order valence-corrected chi connectivity index (χ0v) is 12.3. The Morgan fingerprint density at radius 2 is 2.24 bits per heavy atom.